The summed E-state index contributed by atoms with van der Waals surface area (Å²) in [5.74, 6) is 1.74. The summed E-state index contributed by atoms with van der Waals surface area (Å²) in [6.45, 7) is 8.33. The summed E-state index contributed by atoms with van der Waals surface area (Å²) >= 11 is 1.69. The predicted molar refractivity (Wildman–Crippen MR) is 106 cm³/mol. The van der Waals surface area contributed by atoms with E-state index in [2.05, 4.69) is 51.4 Å². The van der Waals surface area contributed by atoms with Crippen LogP contribution in [0.3, 0.4) is 0 Å². The van der Waals surface area contributed by atoms with Crippen LogP contribution in [0.25, 0.3) is 11.4 Å². The molecule has 0 aromatic carbocycles. The number of hydrogen-bond donors (Lipinski definition) is 2. The second-order valence-corrected chi connectivity index (χ2v) is 7.39. The van der Waals surface area contributed by atoms with Crippen LogP contribution in [0, 0.1) is 0 Å². The third-order valence-electron chi connectivity index (χ3n) is 4.04. The molecule has 0 saturated heterocycles. The van der Waals surface area contributed by atoms with Gasteiger partial charge in [0, 0.05) is 34.8 Å². The van der Waals surface area contributed by atoms with Crippen LogP contribution in [0.5, 0.6) is 0 Å². The first-order valence-corrected chi connectivity index (χ1v) is 9.62. The zero-order valence-electron chi connectivity index (χ0n) is 15.4. The van der Waals surface area contributed by atoms with E-state index in [1.165, 1.54) is 6.07 Å². The van der Waals surface area contributed by atoms with Crippen molar-refractivity contribution < 1.29 is 0 Å². The number of thiazole rings is 1. The first-order chi connectivity index (χ1) is 12.5. The molecular formula is C19H23N5OS. The van der Waals surface area contributed by atoms with Crippen molar-refractivity contribution in [2.24, 2.45) is 0 Å². The van der Waals surface area contributed by atoms with Gasteiger partial charge in [-0.05, 0) is 25.5 Å². The minimum atomic E-state index is -0.146. The lowest BCUT2D eigenvalue weighted by atomic mass is 10.2. The summed E-state index contributed by atoms with van der Waals surface area (Å²) in [5.41, 5.74) is 2.42. The highest BCUT2D eigenvalue weighted by molar-refractivity contribution is 7.09. The SMILES string of the molecule is CCc1cc(=O)[nH]c(-c2ccc(NC(C)c3csc(C(C)C)n3)nc2)n1. The number of aryl methyl sites for hydroxylation is 1. The quantitative estimate of drug-likeness (QED) is 0.682. The van der Waals surface area contributed by atoms with Gasteiger partial charge in [-0.25, -0.2) is 15.0 Å². The molecular weight excluding hydrogens is 346 g/mol. The van der Waals surface area contributed by atoms with E-state index in [9.17, 15) is 4.79 Å². The molecule has 0 fully saturated rings. The van der Waals surface area contributed by atoms with Crippen molar-refractivity contribution in [3.8, 4) is 11.4 Å². The number of nitrogens with one attached hydrogen (secondary N) is 2. The lowest BCUT2D eigenvalue weighted by Crippen LogP contribution is -2.11. The van der Waals surface area contributed by atoms with E-state index in [0.717, 1.165) is 27.8 Å². The highest BCUT2D eigenvalue weighted by Crippen LogP contribution is 2.25. The van der Waals surface area contributed by atoms with Gasteiger partial charge in [0.05, 0.1) is 16.7 Å². The molecule has 0 aliphatic carbocycles. The minimum absolute atomic E-state index is 0.0680. The number of pyridine rings is 1. The number of rotatable bonds is 6. The molecule has 3 aromatic rings. The lowest BCUT2D eigenvalue weighted by Gasteiger charge is -2.12. The summed E-state index contributed by atoms with van der Waals surface area (Å²) < 4.78 is 0. The third kappa shape index (κ3) is 4.16. The zero-order chi connectivity index (χ0) is 18.7. The highest BCUT2D eigenvalue weighted by atomic mass is 32.1. The molecule has 136 valence electrons. The topological polar surface area (TPSA) is 83.6 Å². The average Bonchev–Trinajstić information content (AvgIpc) is 3.12. The summed E-state index contributed by atoms with van der Waals surface area (Å²) in [5, 5.41) is 6.59. The van der Waals surface area contributed by atoms with E-state index in [0.29, 0.717) is 18.2 Å². The summed E-state index contributed by atoms with van der Waals surface area (Å²) in [4.78, 5) is 28.1. The fourth-order valence-corrected chi connectivity index (χ4v) is 3.43. The van der Waals surface area contributed by atoms with Gasteiger partial charge in [0.2, 0.25) is 0 Å². The van der Waals surface area contributed by atoms with Gasteiger partial charge < -0.3 is 10.3 Å². The van der Waals surface area contributed by atoms with Crippen LogP contribution in [-0.2, 0) is 6.42 Å². The molecule has 26 heavy (non-hydrogen) atoms. The molecule has 0 aliphatic heterocycles. The normalized spacial score (nSPS) is 12.3. The summed E-state index contributed by atoms with van der Waals surface area (Å²) in [6.07, 6.45) is 2.43. The number of aromatic nitrogens is 4. The second-order valence-electron chi connectivity index (χ2n) is 6.50. The Bertz CT molecular complexity index is 930. The van der Waals surface area contributed by atoms with Crippen LogP contribution in [-0.4, -0.2) is 19.9 Å². The molecule has 0 bridgehead atoms. The van der Waals surface area contributed by atoms with Crippen LogP contribution < -0.4 is 10.9 Å². The molecule has 0 amide bonds. The monoisotopic (exact) mass is 369 g/mol. The van der Waals surface area contributed by atoms with Gasteiger partial charge >= 0.3 is 0 Å². The maximum absolute atomic E-state index is 11.7. The first kappa shape index (κ1) is 18.3. The third-order valence-corrected chi connectivity index (χ3v) is 5.20. The van der Waals surface area contributed by atoms with Crippen molar-refractivity contribution in [3.05, 3.63) is 56.5 Å². The molecule has 3 aromatic heterocycles. The van der Waals surface area contributed by atoms with E-state index < -0.39 is 0 Å². The Hall–Kier alpha value is -2.54. The van der Waals surface area contributed by atoms with Crippen LogP contribution in [0.1, 0.15) is 56.1 Å². The molecule has 1 unspecified atom stereocenters. The van der Waals surface area contributed by atoms with Crippen molar-refractivity contribution in [3.63, 3.8) is 0 Å². The Morgan fingerprint density at radius 3 is 2.65 bits per heavy atom. The lowest BCUT2D eigenvalue weighted by molar-refractivity contribution is 0.798. The van der Waals surface area contributed by atoms with Gasteiger partial charge in [-0.2, -0.15) is 0 Å². The fraction of sp³-hybridized carbons (Fsp3) is 0.368. The van der Waals surface area contributed by atoms with Gasteiger partial charge in [-0.1, -0.05) is 20.8 Å². The number of anilines is 1. The van der Waals surface area contributed by atoms with Crippen molar-refractivity contribution >= 4 is 17.2 Å². The number of H-pyrrole nitrogens is 1. The van der Waals surface area contributed by atoms with E-state index in [1.807, 2.05) is 19.1 Å². The number of aromatic amines is 1. The van der Waals surface area contributed by atoms with Crippen molar-refractivity contribution in [2.45, 2.75) is 46.1 Å². The molecule has 0 aliphatic rings. The Balaban J connectivity index is 1.75. The molecule has 3 rings (SSSR count). The van der Waals surface area contributed by atoms with Gasteiger partial charge in [0.25, 0.3) is 5.56 Å². The fourth-order valence-electron chi connectivity index (χ4n) is 2.51. The molecule has 0 radical (unpaired) electrons. The first-order valence-electron chi connectivity index (χ1n) is 8.74. The number of nitrogens with zero attached hydrogens (tertiary/aromatic N) is 3. The molecule has 3 heterocycles. The van der Waals surface area contributed by atoms with E-state index in [4.69, 9.17) is 0 Å². The van der Waals surface area contributed by atoms with Gasteiger partial charge in [-0.15, -0.1) is 11.3 Å². The van der Waals surface area contributed by atoms with E-state index >= 15 is 0 Å². The van der Waals surface area contributed by atoms with E-state index in [1.54, 1.807) is 17.5 Å². The van der Waals surface area contributed by atoms with E-state index in [-0.39, 0.29) is 11.6 Å². The molecule has 7 heteroatoms. The van der Waals surface area contributed by atoms with Gasteiger partial charge in [0.15, 0.2) is 0 Å². The largest absolute Gasteiger partial charge is 0.362 e. The maximum Gasteiger partial charge on any atom is 0.251 e. The molecule has 1 atom stereocenters. The Morgan fingerprint density at radius 2 is 2.04 bits per heavy atom. The number of hydrogen-bond acceptors (Lipinski definition) is 6. The molecule has 2 N–H and O–H groups in total. The zero-order valence-corrected chi connectivity index (χ0v) is 16.2. The average molecular weight is 369 g/mol. The van der Waals surface area contributed by atoms with Crippen molar-refractivity contribution in [1.29, 1.82) is 0 Å². The van der Waals surface area contributed by atoms with Crippen LogP contribution in [0.2, 0.25) is 0 Å². The van der Waals surface area contributed by atoms with Crippen LogP contribution in [0.4, 0.5) is 5.82 Å². The maximum atomic E-state index is 11.7. The molecule has 0 saturated carbocycles. The van der Waals surface area contributed by atoms with Crippen LogP contribution in [0.15, 0.2) is 34.6 Å². The van der Waals surface area contributed by atoms with Crippen molar-refractivity contribution in [2.75, 3.05) is 5.32 Å². The Labute approximate surface area is 156 Å². The summed E-state index contributed by atoms with van der Waals surface area (Å²) in [6, 6.07) is 5.38. The Kier molecular flexibility index (Phi) is 5.46. The predicted octanol–water partition coefficient (Wildman–Crippen LogP) is 4.15. The van der Waals surface area contributed by atoms with Gasteiger partial charge in [-0.3, -0.25) is 4.79 Å². The standard InChI is InChI=1S/C19H23N5OS/c1-5-14-8-17(25)24-18(22-14)13-6-7-16(20-9-13)21-12(4)15-10-26-19(23-15)11(2)3/h6-12H,5H2,1-4H3,(H,20,21)(H,22,24,25). The van der Waals surface area contributed by atoms with Crippen molar-refractivity contribution in [1.82, 2.24) is 19.9 Å². The smallest absolute Gasteiger partial charge is 0.251 e. The minimum Gasteiger partial charge on any atom is -0.362 e. The second kappa shape index (κ2) is 7.78. The van der Waals surface area contributed by atoms with Gasteiger partial charge in [0.1, 0.15) is 11.6 Å². The summed E-state index contributed by atoms with van der Waals surface area (Å²) in [7, 11) is 0. The molecule has 6 nitrogen and oxygen atoms in total. The Morgan fingerprint density at radius 1 is 1.23 bits per heavy atom. The highest BCUT2D eigenvalue weighted by Gasteiger charge is 2.12. The van der Waals surface area contributed by atoms with Crippen LogP contribution >= 0.6 is 11.3 Å². The molecule has 0 spiro atoms.